The molecule has 1 aromatic rings. The standard InChI is InChI=1S/C13H20N2O3/c1-17-13(18-2)10-5-7-15(8-6-10)12-4-3-11(16)9-14-12/h3-4,9-10,13,16H,5-8H2,1-2H3. The number of rotatable bonds is 4. The highest BCUT2D eigenvalue weighted by Crippen LogP contribution is 2.26. The maximum Gasteiger partial charge on any atom is 0.159 e. The summed E-state index contributed by atoms with van der Waals surface area (Å²) >= 11 is 0. The van der Waals surface area contributed by atoms with Crippen LogP contribution in [0.3, 0.4) is 0 Å². The van der Waals surface area contributed by atoms with Crippen LogP contribution >= 0.6 is 0 Å². The minimum absolute atomic E-state index is 0.111. The third-order valence-electron chi connectivity index (χ3n) is 3.45. The van der Waals surface area contributed by atoms with Gasteiger partial charge in [0.15, 0.2) is 6.29 Å². The number of hydrogen-bond acceptors (Lipinski definition) is 5. The minimum Gasteiger partial charge on any atom is -0.506 e. The van der Waals surface area contributed by atoms with Gasteiger partial charge in [0.25, 0.3) is 0 Å². The fourth-order valence-electron chi connectivity index (χ4n) is 2.45. The second-order valence-electron chi connectivity index (χ2n) is 4.54. The molecule has 0 aliphatic carbocycles. The minimum atomic E-state index is -0.111. The summed E-state index contributed by atoms with van der Waals surface area (Å²) in [6.07, 6.45) is 3.41. The molecule has 0 atom stereocenters. The van der Waals surface area contributed by atoms with Crippen LogP contribution in [0.25, 0.3) is 0 Å². The Hall–Kier alpha value is -1.33. The van der Waals surface area contributed by atoms with E-state index in [9.17, 15) is 5.11 Å². The first-order valence-corrected chi connectivity index (χ1v) is 6.20. The molecule has 5 nitrogen and oxygen atoms in total. The Morgan fingerprint density at radius 1 is 1.28 bits per heavy atom. The molecule has 1 aromatic heterocycles. The van der Waals surface area contributed by atoms with Crippen molar-refractivity contribution >= 4 is 5.82 Å². The Kier molecular flexibility index (Phi) is 4.38. The van der Waals surface area contributed by atoms with E-state index in [1.54, 1.807) is 20.3 Å². The molecule has 0 amide bonds. The third-order valence-corrected chi connectivity index (χ3v) is 3.45. The lowest BCUT2D eigenvalue weighted by molar-refractivity contribution is -0.141. The van der Waals surface area contributed by atoms with Gasteiger partial charge in [-0.1, -0.05) is 0 Å². The molecule has 1 fully saturated rings. The summed E-state index contributed by atoms with van der Waals surface area (Å²) in [6, 6.07) is 3.52. The molecule has 0 unspecified atom stereocenters. The fraction of sp³-hybridized carbons (Fsp3) is 0.615. The van der Waals surface area contributed by atoms with E-state index in [1.165, 1.54) is 6.20 Å². The molecule has 2 rings (SSSR count). The Balaban J connectivity index is 1.92. The van der Waals surface area contributed by atoms with Gasteiger partial charge in [-0.25, -0.2) is 4.98 Å². The van der Waals surface area contributed by atoms with Crippen LogP contribution in [0.5, 0.6) is 5.75 Å². The SMILES string of the molecule is COC(OC)C1CCN(c2ccc(O)cn2)CC1. The van der Waals surface area contributed by atoms with E-state index in [0.717, 1.165) is 31.7 Å². The van der Waals surface area contributed by atoms with Gasteiger partial charge in [0.05, 0.1) is 6.20 Å². The van der Waals surface area contributed by atoms with Crippen molar-refractivity contribution in [2.75, 3.05) is 32.2 Å². The van der Waals surface area contributed by atoms with Gasteiger partial charge in [0, 0.05) is 33.2 Å². The normalized spacial score (nSPS) is 17.4. The van der Waals surface area contributed by atoms with Crippen molar-refractivity contribution < 1.29 is 14.6 Å². The molecular formula is C13H20N2O3. The summed E-state index contributed by atoms with van der Waals surface area (Å²) < 4.78 is 10.6. The first-order chi connectivity index (χ1) is 8.74. The van der Waals surface area contributed by atoms with Crippen molar-refractivity contribution in [3.05, 3.63) is 18.3 Å². The molecule has 5 heteroatoms. The molecule has 18 heavy (non-hydrogen) atoms. The molecule has 100 valence electrons. The molecular weight excluding hydrogens is 232 g/mol. The van der Waals surface area contributed by atoms with Gasteiger partial charge in [-0.3, -0.25) is 0 Å². The number of piperidine rings is 1. The van der Waals surface area contributed by atoms with E-state index < -0.39 is 0 Å². The van der Waals surface area contributed by atoms with Crippen LogP contribution in [0.1, 0.15) is 12.8 Å². The Bertz CT molecular complexity index is 357. The first-order valence-electron chi connectivity index (χ1n) is 6.20. The molecule has 0 bridgehead atoms. The largest absolute Gasteiger partial charge is 0.506 e. The van der Waals surface area contributed by atoms with E-state index in [-0.39, 0.29) is 12.0 Å². The van der Waals surface area contributed by atoms with E-state index in [4.69, 9.17) is 9.47 Å². The zero-order chi connectivity index (χ0) is 13.0. The van der Waals surface area contributed by atoms with Gasteiger partial charge >= 0.3 is 0 Å². The van der Waals surface area contributed by atoms with Crippen molar-refractivity contribution in [1.29, 1.82) is 0 Å². The number of hydrogen-bond donors (Lipinski definition) is 1. The van der Waals surface area contributed by atoms with Crippen molar-refractivity contribution in [3.8, 4) is 5.75 Å². The number of ether oxygens (including phenoxy) is 2. The summed E-state index contributed by atoms with van der Waals surface area (Å²) in [6.45, 7) is 1.87. The summed E-state index contributed by atoms with van der Waals surface area (Å²) in [7, 11) is 3.37. The number of methoxy groups -OCH3 is 2. The summed E-state index contributed by atoms with van der Waals surface area (Å²) in [5.41, 5.74) is 0. The van der Waals surface area contributed by atoms with E-state index in [1.807, 2.05) is 6.07 Å². The lowest BCUT2D eigenvalue weighted by atomic mass is 9.96. The lowest BCUT2D eigenvalue weighted by Crippen LogP contribution is -2.39. The van der Waals surface area contributed by atoms with Gasteiger partial charge in [0.2, 0.25) is 0 Å². The van der Waals surface area contributed by atoms with Crippen LogP contribution in [-0.4, -0.2) is 43.7 Å². The van der Waals surface area contributed by atoms with Crippen LogP contribution in [0.4, 0.5) is 5.82 Å². The van der Waals surface area contributed by atoms with Gasteiger partial charge in [0.1, 0.15) is 11.6 Å². The molecule has 0 saturated carbocycles. The van der Waals surface area contributed by atoms with Crippen LogP contribution in [0.2, 0.25) is 0 Å². The number of anilines is 1. The lowest BCUT2D eigenvalue weighted by Gasteiger charge is -2.35. The highest BCUT2D eigenvalue weighted by Gasteiger charge is 2.26. The highest BCUT2D eigenvalue weighted by molar-refractivity contribution is 5.40. The molecule has 0 spiro atoms. The second kappa shape index (κ2) is 6.02. The van der Waals surface area contributed by atoms with Crippen molar-refractivity contribution in [2.24, 2.45) is 5.92 Å². The smallest absolute Gasteiger partial charge is 0.159 e. The van der Waals surface area contributed by atoms with Gasteiger partial charge in [-0.2, -0.15) is 0 Å². The number of nitrogens with zero attached hydrogens (tertiary/aromatic N) is 2. The van der Waals surface area contributed by atoms with Gasteiger partial charge in [-0.15, -0.1) is 0 Å². The van der Waals surface area contributed by atoms with E-state index >= 15 is 0 Å². The molecule has 0 radical (unpaired) electrons. The highest BCUT2D eigenvalue weighted by atomic mass is 16.7. The predicted molar refractivity (Wildman–Crippen MR) is 68.6 cm³/mol. The first kappa shape index (κ1) is 13.1. The zero-order valence-corrected chi connectivity index (χ0v) is 10.9. The number of aromatic hydroxyl groups is 1. The van der Waals surface area contributed by atoms with Gasteiger partial charge in [-0.05, 0) is 25.0 Å². The van der Waals surface area contributed by atoms with Crippen molar-refractivity contribution in [3.63, 3.8) is 0 Å². The summed E-state index contributed by atoms with van der Waals surface area (Å²) in [5, 5.41) is 9.22. The predicted octanol–water partition coefficient (Wildman–Crippen LogP) is 1.62. The van der Waals surface area contributed by atoms with Crippen molar-refractivity contribution in [1.82, 2.24) is 4.98 Å². The molecule has 1 aliphatic rings. The Morgan fingerprint density at radius 3 is 2.44 bits per heavy atom. The van der Waals surface area contributed by atoms with Crippen LogP contribution < -0.4 is 4.90 Å². The third kappa shape index (κ3) is 2.91. The quantitative estimate of drug-likeness (QED) is 0.825. The van der Waals surface area contributed by atoms with Gasteiger partial charge < -0.3 is 19.5 Å². The number of pyridine rings is 1. The Labute approximate surface area is 107 Å². The molecule has 2 heterocycles. The van der Waals surface area contributed by atoms with E-state index in [2.05, 4.69) is 9.88 Å². The maximum absolute atomic E-state index is 9.22. The fourth-order valence-corrected chi connectivity index (χ4v) is 2.45. The second-order valence-corrected chi connectivity index (χ2v) is 4.54. The van der Waals surface area contributed by atoms with Crippen LogP contribution in [-0.2, 0) is 9.47 Å². The molecule has 0 aromatic carbocycles. The molecule has 1 aliphatic heterocycles. The Morgan fingerprint density at radius 2 is 1.94 bits per heavy atom. The monoisotopic (exact) mass is 252 g/mol. The summed E-state index contributed by atoms with van der Waals surface area (Å²) in [4.78, 5) is 6.45. The average molecular weight is 252 g/mol. The van der Waals surface area contributed by atoms with Crippen molar-refractivity contribution in [2.45, 2.75) is 19.1 Å². The van der Waals surface area contributed by atoms with Crippen LogP contribution in [0, 0.1) is 5.92 Å². The number of aromatic nitrogens is 1. The topological polar surface area (TPSA) is 54.8 Å². The van der Waals surface area contributed by atoms with Crippen LogP contribution in [0.15, 0.2) is 18.3 Å². The molecule has 1 N–H and O–H groups in total. The maximum atomic E-state index is 9.22. The average Bonchev–Trinajstić information content (AvgIpc) is 2.42. The van der Waals surface area contributed by atoms with E-state index in [0.29, 0.717) is 5.92 Å². The zero-order valence-electron chi connectivity index (χ0n) is 10.9. The summed E-state index contributed by atoms with van der Waals surface area (Å²) in [5.74, 6) is 1.55. The molecule has 1 saturated heterocycles.